The molecule has 0 saturated carbocycles. The van der Waals surface area contributed by atoms with Crippen molar-refractivity contribution in [1.82, 2.24) is 0 Å². The Morgan fingerprint density at radius 3 is 2.35 bits per heavy atom. The molecule has 20 heavy (non-hydrogen) atoms. The van der Waals surface area contributed by atoms with Crippen LogP contribution in [0, 0.1) is 11.6 Å². The van der Waals surface area contributed by atoms with E-state index in [1.807, 2.05) is 0 Å². The number of rotatable bonds is 3. The molecular formula is C14H7Br3F2O. The van der Waals surface area contributed by atoms with E-state index >= 15 is 0 Å². The van der Waals surface area contributed by atoms with Crippen LogP contribution >= 0.6 is 47.8 Å². The SMILES string of the molecule is O=C(Cc1c(F)ccc(Br)c1F)c1cc(Br)ccc1Br. The van der Waals surface area contributed by atoms with Crippen LogP contribution in [-0.4, -0.2) is 5.78 Å². The normalized spacial score (nSPS) is 10.7. The van der Waals surface area contributed by atoms with E-state index in [9.17, 15) is 13.6 Å². The predicted octanol–water partition coefficient (Wildman–Crippen LogP) is 5.68. The van der Waals surface area contributed by atoms with E-state index in [0.717, 1.165) is 10.5 Å². The topological polar surface area (TPSA) is 17.1 Å². The van der Waals surface area contributed by atoms with Gasteiger partial charge in [0, 0.05) is 26.5 Å². The molecule has 0 atom stereocenters. The maximum Gasteiger partial charge on any atom is 0.168 e. The third kappa shape index (κ3) is 3.35. The first-order chi connectivity index (χ1) is 9.40. The van der Waals surface area contributed by atoms with Crippen molar-refractivity contribution in [2.75, 3.05) is 0 Å². The summed E-state index contributed by atoms with van der Waals surface area (Å²) in [6.45, 7) is 0. The molecular weight excluding hydrogens is 462 g/mol. The van der Waals surface area contributed by atoms with Gasteiger partial charge in [0.05, 0.1) is 4.47 Å². The molecule has 0 saturated heterocycles. The van der Waals surface area contributed by atoms with Gasteiger partial charge in [-0.15, -0.1) is 0 Å². The lowest BCUT2D eigenvalue weighted by Crippen LogP contribution is -2.08. The van der Waals surface area contributed by atoms with Crippen molar-refractivity contribution in [2.45, 2.75) is 6.42 Å². The van der Waals surface area contributed by atoms with Gasteiger partial charge in [0.1, 0.15) is 11.6 Å². The van der Waals surface area contributed by atoms with Gasteiger partial charge in [0.2, 0.25) is 0 Å². The average molecular weight is 469 g/mol. The number of halogens is 5. The number of carbonyl (C=O) groups is 1. The van der Waals surface area contributed by atoms with Gasteiger partial charge >= 0.3 is 0 Å². The smallest absolute Gasteiger partial charge is 0.168 e. The first-order valence-corrected chi connectivity index (χ1v) is 7.88. The average Bonchev–Trinajstić information content (AvgIpc) is 2.41. The third-order valence-corrected chi connectivity index (χ3v) is 4.50. The molecule has 0 aliphatic rings. The molecule has 0 N–H and O–H groups in total. The first kappa shape index (κ1) is 15.8. The van der Waals surface area contributed by atoms with Crippen LogP contribution < -0.4 is 0 Å². The van der Waals surface area contributed by atoms with Crippen LogP contribution in [0.1, 0.15) is 15.9 Å². The Morgan fingerprint density at radius 1 is 1.00 bits per heavy atom. The van der Waals surface area contributed by atoms with E-state index in [1.54, 1.807) is 18.2 Å². The van der Waals surface area contributed by atoms with Crippen molar-refractivity contribution in [3.05, 3.63) is 66.5 Å². The highest BCUT2D eigenvalue weighted by Crippen LogP contribution is 2.26. The van der Waals surface area contributed by atoms with Crippen molar-refractivity contribution in [3.63, 3.8) is 0 Å². The van der Waals surface area contributed by atoms with Crippen molar-refractivity contribution >= 4 is 53.6 Å². The Balaban J connectivity index is 2.38. The molecule has 0 amide bonds. The summed E-state index contributed by atoms with van der Waals surface area (Å²) in [5.74, 6) is -1.84. The summed E-state index contributed by atoms with van der Waals surface area (Å²) in [7, 11) is 0. The number of hydrogen-bond donors (Lipinski definition) is 0. The van der Waals surface area contributed by atoms with Crippen LogP contribution in [-0.2, 0) is 6.42 Å². The molecule has 0 fully saturated rings. The molecule has 2 aromatic carbocycles. The van der Waals surface area contributed by atoms with Crippen LogP contribution in [0.3, 0.4) is 0 Å². The minimum Gasteiger partial charge on any atom is -0.294 e. The molecule has 0 radical (unpaired) electrons. The summed E-state index contributed by atoms with van der Waals surface area (Å²) in [4.78, 5) is 12.2. The molecule has 2 aromatic rings. The summed E-state index contributed by atoms with van der Waals surface area (Å²) in [6, 6.07) is 7.48. The molecule has 0 spiro atoms. The highest BCUT2D eigenvalue weighted by atomic mass is 79.9. The standard InChI is InChI=1S/C14H7Br3F2O/c15-7-1-2-10(16)8(5-7)13(20)6-9-12(18)4-3-11(17)14(9)19/h1-5H,6H2. The fourth-order valence-corrected chi connectivity index (χ4v) is 2.90. The Labute approximate surface area is 139 Å². The lowest BCUT2D eigenvalue weighted by Gasteiger charge is -2.08. The Hall–Kier alpha value is -0.590. The van der Waals surface area contributed by atoms with Gasteiger partial charge in [-0.3, -0.25) is 4.79 Å². The number of hydrogen-bond acceptors (Lipinski definition) is 1. The van der Waals surface area contributed by atoms with Crippen molar-refractivity contribution < 1.29 is 13.6 Å². The van der Waals surface area contributed by atoms with Crippen LogP contribution in [0.2, 0.25) is 0 Å². The fraction of sp³-hybridized carbons (Fsp3) is 0.0714. The lowest BCUT2D eigenvalue weighted by atomic mass is 10.0. The van der Waals surface area contributed by atoms with E-state index in [0.29, 0.717) is 10.0 Å². The van der Waals surface area contributed by atoms with Gasteiger partial charge in [-0.1, -0.05) is 31.9 Å². The Bertz CT molecular complexity index is 686. The van der Waals surface area contributed by atoms with Crippen LogP contribution in [0.5, 0.6) is 0 Å². The molecule has 0 unspecified atom stereocenters. The molecule has 0 aliphatic carbocycles. The molecule has 104 valence electrons. The van der Waals surface area contributed by atoms with Gasteiger partial charge in [0.25, 0.3) is 0 Å². The molecule has 6 heteroatoms. The fourth-order valence-electron chi connectivity index (χ4n) is 1.70. The first-order valence-electron chi connectivity index (χ1n) is 5.50. The van der Waals surface area contributed by atoms with Crippen molar-refractivity contribution in [2.24, 2.45) is 0 Å². The second kappa shape index (κ2) is 6.45. The summed E-state index contributed by atoms with van der Waals surface area (Å²) >= 11 is 9.50. The Kier molecular flexibility index (Phi) is 5.09. The molecule has 0 aliphatic heterocycles. The van der Waals surface area contributed by atoms with Gasteiger partial charge in [-0.2, -0.15) is 0 Å². The van der Waals surface area contributed by atoms with Gasteiger partial charge in [0.15, 0.2) is 5.78 Å². The van der Waals surface area contributed by atoms with E-state index in [2.05, 4.69) is 47.8 Å². The maximum atomic E-state index is 13.9. The lowest BCUT2D eigenvalue weighted by molar-refractivity contribution is 0.0989. The summed E-state index contributed by atoms with van der Waals surface area (Å²) in [5.41, 5.74) is 0.134. The molecule has 0 bridgehead atoms. The monoisotopic (exact) mass is 466 g/mol. The number of carbonyl (C=O) groups excluding carboxylic acids is 1. The van der Waals surface area contributed by atoms with E-state index in [-0.39, 0.29) is 22.2 Å². The number of ketones is 1. The maximum absolute atomic E-state index is 13.9. The molecule has 2 rings (SSSR count). The van der Waals surface area contributed by atoms with Crippen molar-refractivity contribution in [1.29, 1.82) is 0 Å². The van der Waals surface area contributed by atoms with Crippen LogP contribution in [0.15, 0.2) is 43.7 Å². The Morgan fingerprint density at radius 2 is 1.65 bits per heavy atom. The summed E-state index contributed by atoms with van der Waals surface area (Å²) < 4.78 is 29.0. The van der Waals surface area contributed by atoms with Crippen LogP contribution in [0.4, 0.5) is 8.78 Å². The highest BCUT2D eigenvalue weighted by Gasteiger charge is 2.18. The molecule has 1 nitrogen and oxygen atoms in total. The second-order valence-electron chi connectivity index (χ2n) is 4.05. The highest BCUT2D eigenvalue weighted by molar-refractivity contribution is 9.11. The van der Waals surface area contributed by atoms with E-state index < -0.39 is 11.6 Å². The zero-order chi connectivity index (χ0) is 14.9. The predicted molar refractivity (Wildman–Crippen MR) is 83.9 cm³/mol. The van der Waals surface area contributed by atoms with Gasteiger partial charge in [-0.25, -0.2) is 8.78 Å². The van der Waals surface area contributed by atoms with Gasteiger partial charge < -0.3 is 0 Å². The number of benzene rings is 2. The van der Waals surface area contributed by atoms with E-state index in [4.69, 9.17) is 0 Å². The largest absolute Gasteiger partial charge is 0.294 e. The molecule has 0 heterocycles. The third-order valence-electron chi connectivity index (χ3n) is 2.71. The molecule has 0 aromatic heterocycles. The minimum absolute atomic E-state index is 0.134. The zero-order valence-electron chi connectivity index (χ0n) is 9.89. The van der Waals surface area contributed by atoms with Crippen molar-refractivity contribution in [3.8, 4) is 0 Å². The minimum atomic E-state index is -0.746. The quantitative estimate of drug-likeness (QED) is 0.418. The summed E-state index contributed by atoms with van der Waals surface area (Å²) in [5, 5.41) is 0. The summed E-state index contributed by atoms with van der Waals surface area (Å²) in [6.07, 6.45) is -0.341. The van der Waals surface area contributed by atoms with Gasteiger partial charge in [-0.05, 0) is 46.3 Å². The van der Waals surface area contributed by atoms with Crippen LogP contribution in [0.25, 0.3) is 0 Å². The zero-order valence-corrected chi connectivity index (χ0v) is 14.6. The number of Topliss-reactive ketones (excluding diaryl/α,β-unsaturated/α-hetero) is 1. The second-order valence-corrected chi connectivity index (χ2v) is 6.67. The van der Waals surface area contributed by atoms with E-state index in [1.165, 1.54) is 6.07 Å².